The lowest BCUT2D eigenvalue weighted by atomic mass is 10.2. The highest BCUT2D eigenvalue weighted by atomic mass is 16.5. The van der Waals surface area contributed by atoms with Crippen LogP contribution in [0.4, 0.5) is 5.69 Å². The van der Waals surface area contributed by atoms with Crippen molar-refractivity contribution in [3.05, 3.63) is 24.0 Å². The largest absolute Gasteiger partial charge is 0.394 e. The number of hydrogen-bond acceptors (Lipinski definition) is 3. The maximum absolute atomic E-state index is 5.79. The molecule has 2 aromatic rings. The zero-order chi connectivity index (χ0) is 9.42. The lowest BCUT2D eigenvalue weighted by Gasteiger charge is -1.98. The monoisotopic (exact) mass is 177 g/mol. The van der Waals surface area contributed by atoms with E-state index in [-0.39, 0.29) is 0 Å². The molecule has 0 aliphatic rings. The standard InChI is InChI=1S/C9H11N3O/c1-6-8(10)9(13-11-6)7-4-3-5-12(7)2/h3-5H,10H2,1-2H3. The first kappa shape index (κ1) is 7.91. The Hall–Kier alpha value is -1.71. The summed E-state index contributed by atoms with van der Waals surface area (Å²) in [5, 5.41) is 3.80. The SMILES string of the molecule is Cc1noc(-c2cccn2C)c1N. The molecular formula is C9H11N3O. The molecule has 0 radical (unpaired) electrons. The molecule has 0 aliphatic heterocycles. The zero-order valence-electron chi connectivity index (χ0n) is 7.61. The summed E-state index contributed by atoms with van der Waals surface area (Å²) in [4.78, 5) is 0. The van der Waals surface area contributed by atoms with E-state index >= 15 is 0 Å². The van der Waals surface area contributed by atoms with Crippen molar-refractivity contribution >= 4 is 5.69 Å². The Kier molecular flexibility index (Phi) is 1.62. The van der Waals surface area contributed by atoms with Gasteiger partial charge >= 0.3 is 0 Å². The van der Waals surface area contributed by atoms with Crippen LogP contribution in [0.1, 0.15) is 5.69 Å². The molecule has 0 spiro atoms. The van der Waals surface area contributed by atoms with E-state index in [1.165, 1.54) is 0 Å². The van der Waals surface area contributed by atoms with Crippen LogP contribution in [-0.2, 0) is 7.05 Å². The van der Waals surface area contributed by atoms with E-state index in [1.54, 1.807) is 0 Å². The molecule has 2 heterocycles. The van der Waals surface area contributed by atoms with Crippen molar-refractivity contribution in [2.75, 3.05) is 5.73 Å². The minimum absolute atomic E-state index is 0.613. The van der Waals surface area contributed by atoms with Crippen molar-refractivity contribution in [3.8, 4) is 11.5 Å². The van der Waals surface area contributed by atoms with Crippen LogP contribution in [0.3, 0.4) is 0 Å². The van der Waals surface area contributed by atoms with E-state index in [4.69, 9.17) is 10.3 Å². The summed E-state index contributed by atoms with van der Waals surface area (Å²) < 4.78 is 7.07. The highest BCUT2D eigenvalue weighted by Gasteiger charge is 2.13. The zero-order valence-corrected chi connectivity index (χ0v) is 7.61. The number of aromatic nitrogens is 2. The van der Waals surface area contributed by atoms with Gasteiger partial charge in [0.25, 0.3) is 0 Å². The summed E-state index contributed by atoms with van der Waals surface area (Å²) in [6, 6.07) is 3.88. The average Bonchev–Trinajstić information content (AvgIpc) is 2.62. The minimum Gasteiger partial charge on any atom is -0.394 e. The molecule has 0 saturated carbocycles. The van der Waals surface area contributed by atoms with E-state index in [1.807, 2.05) is 36.9 Å². The molecule has 0 bridgehead atoms. The van der Waals surface area contributed by atoms with Crippen LogP contribution in [0.25, 0.3) is 11.5 Å². The fraction of sp³-hybridized carbons (Fsp3) is 0.222. The van der Waals surface area contributed by atoms with Gasteiger partial charge in [0.05, 0.1) is 5.69 Å². The van der Waals surface area contributed by atoms with Crippen LogP contribution in [0.15, 0.2) is 22.9 Å². The molecule has 0 fully saturated rings. The Morgan fingerprint density at radius 2 is 2.31 bits per heavy atom. The Labute approximate surface area is 75.9 Å². The Bertz CT molecular complexity index is 428. The highest BCUT2D eigenvalue weighted by Crippen LogP contribution is 2.27. The first-order valence-corrected chi connectivity index (χ1v) is 4.03. The van der Waals surface area contributed by atoms with Crippen LogP contribution in [-0.4, -0.2) is 9.72 Å². The first-order chi connectivity index (χ1) is 6.20. The van der Waals surface area contributed by atoms with Gasteiger partial charge in [-0.1, -0.05) is 5.16 Å². The van der Waals surface area contributed by atoms with Crippen LogP contribution in [0.2, 0.25) is 0 Å². The number of nitrogen functional groups attached to an aromatic ring is 1. The predicted octanol–water partition coefficient (Wildman–Crippen LogP) is 1.57. The molecule has 0 aliphatic carbocycles. The van der Waals surface area contributed by atoms with E-state index < -0.39 is 0 Å². The van der Waals surface area contributed by atoms with Crippen LogP contribution in [0.5, 0.6) is 0 Å². The van der Waals surface area contributed by atoms with E-state index in [0.29, 0.717) is 11.4 Å². The molecule has 4 heteroatoms. The Morgan fingerprint density at radius 3 is 2.77 bits per heavy atom. The maximum atomic E-state index is 5.79. The predicted molar refractivity (Wildman–Crippen MR) is 50.1 cm³/mol. The summed E-state index contributed by atoms with van der Waals surface area (Å²) in [6.45, 7) is 1.82. The lowest BCUT2D eigenvalue weighted by Crippen LogP contribution is -1.92. The van der Waals surface area contributed by atoms with Gasteiger partial charge in [-0.05, 0) is 19.1 Å². The molecule has 2 rings (SSSR count). The number of nitrogens with two attached hydrogens (primary N) is 1. The molecule has 0 unspecified atom stereocenters. The summed E-state index contributed by atoms with van der Waals surface area (Å²) >= 11 is 0. The third kappa shape index (κ3) is 1.11. The second-order valence-corrected chi connectivity index (χ2v) is 3.02. The molecule has 0 amide bonds. The average molecular weight is 177 g/mol. The van der Waals surface area contributed by atoms with Crippen molar-refractivity contribution in [3.63, 3.8) is 0 Å². The minimum atomic E-state index is 0.613. The van der Waals surface area contributed by atoms with Gasteiger partial charge in [-0.15, -0.1) is 0 Å². The van der Waals surface area contributed by atoms with Gasteiger partial charge in [-0.2, -0.15) is 0 Å². The quantitative estimate of drug-likeness (QED) is 0.719. The Morgan fingerprint density at radius 1 is 1.54 bits per heavy atom. The number of hydrogen-bond donors (Lipinski definition) is 1. The van der Waals surface area contributed by atoms with Crippen LogP contribution < -0.4 is 5.73 Å². The number of rotatable bonds is 1. The van der Waals surface area contributed by atoms with Crippen LogP contribution in [0, 0.1) is 6.92 Å². The second-order valence-electron chi connectivity index (χ2n) is 3.02. The molecular weight excluding hydrogens is 166 g/mol. The topological polar surface area (TPSA) is 57.0 Å². The van der Waals surface area contributed by atoms with Gasteiger partial charge in [0.1, 0.15) is 11.4 Å². The third-order valence-corrected chi connectivity index (χ3v) is 2.08. The summed E-state index contributed by atoms with van der Waals surface area (Å²) in [6.07, 6.45) is 1.94. The summed E-state index contributed by atoms with van der Waals surface area (Å²) in [7, 11) is 1.94. The van der Waals surface area contributed by atoms with Gasteiger partial charge in [-0.25, -0.2) is 0 Å². The number of anilines is 1. The second kappa shape index (κ2) is 2.65. The van der Waals surface area contributed by atoms with Crippen molar-refractivity contribution < 1.29 is 4.52 Å². The van der Waals surface area contributed by atoms with Crippen molar-refractivity contribution in [2.45, 2.75) is 6.92 Å². The summed E-state index contributed by atoms with van der Waals surface area (Å²) in [5.74, 6) is 0.644. The smallest absolute Gasteiger partial charge is 0.206 e. The fourth-order valence-electron chi connectivity index (χ4n) is 1.26. The fourth-order valence-corrected chi connectivity index (χ4v) is 1.26. The summed E-state index contributed by atoms with van der Waals surface area (Å²) in [5.41, 5.74) is 8.08. The van der Waals surface area contributed by atoms with Gasteiger partial charge in [0.2, 0.25) is 5.76 Å². The number of nitrogens with zero attached hydrogens (tertiary/aromatic N) is 2. The van der Waals surface area contributed by atoms with Gasteiger partial charge in [-0.3, -0.25) is 0 Å². The van der Waals surface area contributed by atoms with Gasteiger partial charge in [0, 0.05) is 13.2 Å². The molecule has 4 nitrogen and oxygen atoms in total. The van der Waals surface area contributed by atoms with Crippen LogP contribution >= 0.6 is 0 Å². The van der Waals surface area contributed by atoms with E-state index in [0.717, 1.165) is 11.4 Å². The Balaban J connectivity index is 2.59. The molecule has 2 N–H and O–H groups in total. The maximum Gasteiger partial charge on any atom is 0.206 e. The lowest BCUT2D eigenvalue weighted by molar-refractivity contribution is 0.425. The van der Waals surface area contributed by atoms with Crippen molar-refractivity contribution in [1.29, 1.82) is 0 Å². The van der Waals surface area contributed by atoms with Crippen molar-refractivity contribution in [1.82, 2.24) is 9.72 Å². The highest BCUT2D eigenvalue weighted by molar-refractivity contribution is 5.69. The molecule has 0 saturated heterocycles. The van der Waals surface area contributed by atoms with Crippen molar-refractivity contribution in [2.24, 2.45) is 7.05 Å². The van der Waals surface area contributed by atoms with E-state index in [9.17, 15) is 0 Å². The number of aryl methyl sites for hydroxylation is 2. The molecule has 13 heavy (non-hydrogen) atoms. The first-order valence-electron chi connectivity index (χ1n) is 4.03. The molecule has 2 aromatic heterocycles. The normalized spacial score (nSPS) is 10.6. The van der Waals surface area contributed by atoms with Gasteiger partial charge < -0.3 is 14.8 Å². The van der Waals surface area contributed by atoms with Gasteiger partial charge in [0.15, 0.2) is 0 Å². The molecule has 68 valence electrons. The molecule has 0 aromatic carbocycles. The third-order valence-electron chi connectivity index (χ3n) is 2.08. The van der Waals surface area contributed by atoms with E-state index in [2.05, 4.69) is 5.16 Å². The molecule has 0 atom stereocenters.